The number of para-hydroxylation sites is 2. The number of rotatable bonds is 6. The Balaban J connectivity index is 1.15. The Morgan fingerprint density at radius 2 is 0.521 bits per heavy atom. The molecule has 0 heterocycles. The Kier molecular flexibility index (Phi) is 6.84. The Morgan fingerprint density at radius 1 is 0.208 bits per heavy atom. The van der Waals surface area contributed by atoms with Gasteiger partial charge < -0.3 is 9.80 Å². The van der Waals surface area contributed by atoms with Crippen LogP contribution in [0.15, 0.2) is 194 Å². The summed E-state index contributed by atoms with van der Waals surface area (Å²) < 4.78 is 0. The van der Waals surface area contributed by atoms with Crippen molar-refractivity contribution in [2.24, 2.45) is 0 Å². The molecule has 48 heavy (non-hydrogen) atoms. The zero-order valence-corrected chi connectivity index (χ0v) is 26.4. The van der Waals surface area contributed by atoms with Crippen LogP contribution >= 0.6 is 0 Å². The fourth-order valence-electron chi connectivity index (χ4n) is 7.00. The lowest BCUT2D eigenvalue weighted by Crippen LogP contribution is -2.10. The molecule has 9 aromatic rings. The fourth-order valence-corrected chi connectivity index (χ4v) is 7.00. The first kappa shape index (κ1) is 27.9. The Hall–Kier alpha value is -6.38. The third-order valence-corrected chi connectivity index (χ3v) is 9.33. The Labute approximate surface area is 280 Å². The summed E-state index contributed by atoms with van der Waals surface area (Å²) in [6.45, 7) is 0. The maximum Gasteiger partial charge on any atom is 0.0468 e. The molecule has 0 amide bonds. The predicted octanol–water partition coefficient (Wildman–Crippen LogP) is 13.2. The highest BCUT2D eigenvalue weighted by Crippen LogP contribution is 2.41. The van der Waals surface area contributed by atoms with Crippen molar-refractivity contribution >= 4 is 77.2 Å². The minimum absolute atomic E-state index is 1.13. The van der Waals surface area contributed by atoms with Crippen LogP contribution in [0.25, 0.3) is 43.1 Å². The molecule has 0 aliphatic carbocycles. The topological polar surface area (TPSA) is 6.48 Å². The highest BCUT2D eigenvalue weighted by Gasteiger charge is 2.16. The van der Waals surface area contributed by atoms with Gasteiger partial charge in [-0.15, -0.1) is 0 Å². The molecule has 2 heteroatoms. The van der Waals surface area contributed by atoms with Crippen LogP contribution in [0.2, 0.25) is 0 Å². The SMILES string of the molecule is c1ccc(N(c2ccc3ccccc3c2)c2ccc3c(ccc4cc(N(c5ccccc5)c5ccc6ccccc6c5)ccc43)c2)cc1. The van der Waals surface area contributed by atoms with E-state index in [1.54, 1.807) is 0 Å². The summed E-state index contributed by atoms with van der Waals surface area (Å²) in [5.74, 6) is 0. The van der Waals surface area contributed by atoms with Gasteiger partial charge in [-0.3, -0.25) is 0 Å². The first-order valence-corrected chi connectivity index (χ1v) is 16.4. The first-order valence-electron chi connectivity index (χ1n) is 16.4. The second-order valence-corrected chi connectivity index (χ2v) is 12.3. The van der Waals surface area contributed by atoms with Crippen molar-refractivity contribution in [1.29, 1.82) is 0 Å². The molecule has 9 rings (SSSR count). The standard InChI is InChI=1S/C46H32N2/c1-3-15-39(16-4-1)47(41-23-21-33-11-7-9-13-35(33)29-41)43-25-27-45-37(31-43)19-20-38-32-44(26-28-46(38)45)48(40-17-5-2-6-18-40)42-24-22-34-12-8-10-14-36(34)30-42/h1-32H. The zero-order chi connectivity index (χ0) is 31.9. The molecular weight excluding hydrogens is 581 g/mol. The van der Waals surface area contributed by atoms with Crippen LogP contribution in [0.4, 0.5) is 34.1 Å². The second-order valence-electron chi connectivity index (χ2n) is 12.3. The lowest BCUT2D eigenvalue weighted by atomic mass is 9.99. The minimum atomic E-state index is 1.13. The molecule has 2 nitrogen and oxygen atoms in total. The van der Waals surface area contributed by atoms with E-state index >= 15 is 0 Å². The van der Waals surface area contributed by atoms with E-state index in [1.807, 2.05) is 0 Å². The van der Waals surface area contributed by atoms with E-state index in [4.69, 9.17) is 0 Å². The maximum absolute atomic E-state index is 2.35. The van der Waals surface area contributed by atoms with Crippen LogP contribution < -0.4 is 9.80 Å². The summed E-state index contributed by atoms with van der Waals surface area (Å²) in [6, 6.07) is 70.0. The van der Waals surface area contributed by atoms with Crippen molar-refractivity contribution in [3.8, 4) is 0 Å². The summed E-state index contributed by atoms with van der Waals surface area (Å²) in [4.78, 5) is 4.70. The molecule has 0 saturated heterocycles. The summed E-state index contributed by atoms with van der Waals surface area (Å²) in [6.07, 6.45) is 0. The van der Waals surface area contributed by atoms with Crippen molar-refractivity contribution in [3.05, 3.63) is 194 Å². The first-order chi connectivity index (χ1) is 23.8. The zero-order valence-electron chi connectivity index (χ0n) is 26.4. The largest absolute Gasteiger partial charge is 0.310 e. The van der Waals surface area contributed by atoms with E-state index < -0.39 is 0 Å². The lowest BCUT2D eigenvalue weighted by Gasteiger charge is -2.27. The normalized spacial score (nSPS) is 11.3. The lowest BCUT2D eigenvalue weighted by molar-refractivity contribution is 1.29. The van der Waals surface area contributed by atoms with Gasteiger partial charge >= 0.3 is 0 Å². The van der Waals surface area contributed by atoms with Gasteiger partial charge in [-0.05, 0) is 116 Å². The van der Waals surface area contributed by atoms with Gasteiger partial charge in [0, 0.05) is 34.1 Å². The van der Waals surface area contributed by atoms with E-state index in [0.29, 0.717) is 0 Å². The van der Waals surface area contributed by atoms with Gasteiger partial charge in [-0.25, -0.2) is 0 Å². The maximum atomic E-state index is 2.35. The quantitative estimate of drug-likeness (QED) is 0.172. The van der Waals surface area contributed by atoms with Crippen LogP contribution in [0.5, 0.6) is 0 Å². The highest BCUT2D eigenvalue weighted by molar-refractivity contribution is 6.10. The third kappa shape index (κ3) is 5.01. The molecule has 0 fully saturated rings. The molecule has 0 unspecified atom stereocenters. The molecule has 226 valence electrons. The molecule has 0 N–H and O–H groups in total. The van der Waals surface area contributed by atoms with Gasteiger partial charge in [0.05, 0.1) is 0 Å². The van der Waals surface area contributed by atoms with Gasteiger partial charge in [-0.2, -0.15) is 0 Å². The average molecular weight is 613 g/mol. The number of nitrogens with zero attached hydrogens (tertiary/aromatic N) is 2. The number of benzene rings is 9. The number of fused-ring (bicyclic) bond motifs is 5. The molecule has 0 atom stereocenters. The molecule has 0 aliphatic heterocycles. The summed E-state index contributed by atoms with van der Waals surface area (Å²) in [7, 11) is 0. The molecule has 9 aromatic carbocycles. The van der Waals surface area contributed by atoms with Gasteiger partial charge in [0.15, 0.2) is 0 Å². The summed E-state index contributed by atoms with van der Waals surface area (Å²) >= 11 is 0. The minimum Gasteiger partial charge on any atom is -0.310 e. The van der Waals surface area contributed by atoms with E-state index in [9.17, 15) is 0 Å². The summed E-state index contributed by atoms with van der Waals surface area (Å²) in [5.41, 5.74) is 6.80. The second kappa shape index (κ2) is 11.8. The van der Waals surface area contributed by atoms with E-state index in [-0.39, 0.29) is 0 Å². The number of hydrogen-bond donors (Lipinski definition) is 0. The van der Waals surface area contributed by atoms with Crippen LogP contribution in [0.1, 0.15) is 0 Å². The molecule has 0 radical (unpaired) electrons. The number of anilines is 6. The molecule has 0 saturated carbocycles. The van der Waals surface area contributed by atoms with Crippen molar-refractivity contribution in [1.82, 2.24) is 0 Å². The molecule has 0 bridgehead atoms. The van der Waals surface area contributed by atoms with Crippen LogP contribution in [0, 0.1) is 0 Å². The third-order valence-electron chi connectivity index (χ3n) is 9.33. The van der Waals surface area contributed by atoms with Gasteiger partial charge in [0.1, 0.15) is 0 Å². The highest BCUT2D eigenvalue weighted by atomic mass is 15.1. The van der Waals surface area contributed by atoms with Crippen LogP contribution in [0.3, 0.4) is 0 Å². The van der Waals surface area contributed by atoms with E-state index in [1.165, 1.54) is 43.1 Å². The van der Waals surface area contributed by atoms with Crippen molar-refractivity contribution in [3.63, 3.8) is 0 Å². The van der Waals surface area contributed by atoms with Gasteiger partial charge in [-0.1, -0.05) is 121 Å². The number of hydrogen-bond acceptors (Lipinski definition) is 2. The van der Waals surface area contributed by atoms with Crippen LogP contribution in [-0.4, -0.2) is 0 Å². The van der Waals surface area contributed by atoms with Crippen molar-refractivity contribution in [2.75, 3.05) is 9.80 Å². The van der Waals surface area contributed by atoms with E-state index in [2.05, 4.69) is 204 Å². The fraction of sp³-hybridized carbons (Fsp3) is 0. The predicted molar refractivity (Wildman–Crippen MR) is 206 cm³/mol. The molecular formula is C46H32N2. The Morgan fingerprint density at radius 3 is 0.938 bits per heavy atom. The van der Waals surface area contributed by atoms with Crippen LogP contribution in [-0.2, 0) is 0 Å². The Bertz CT molecular complexity index is 2390. The molecule has 0 spiro atoms. The smallest absolute Gasteiger partial charge is 0.0468 e. The van der Waals surface area contributed by atoms with Gasteiger partial charge in [0.2, 0.25) is 0 Å². The van der Waals surface area contributed by atoms with Gasteiger partial charge in [0.25, 0.3) is 0 Å². The molecule has 0 aliphatic rings. The van der Waals surface area contributed by atoms with E-state index in [0.717, 1.165) is 34.1 Å². The van der Waals surface area contributed by atoms with Crippen molar-refractivity contribution in [2.45, 2.75) is 0 Å². The van der Waals surface area contributed by atoms with Crippen molar-refractivity contribution < 1.29 is 0 Å². The molecule has 0 aromatic heterocycles. The average Bonchev–Trinajstić information content (AvgIpc) is 3.15. The monoisotopic (exact) mass is 612 g/mol. The summed E-state index contributed by atoms with van der Waals surface area (Å²) in [5, 5.41) is 9.85.